The van der Waals surface area contributed by atoms with Crippen molar-refractivity contribution < 1.29 is 9.59 Å². The molecule has 0 aliphatic rings. The zero-order chi connectivity index (χ0) is 12.1. The van der Waals surface area contributed by atoms with Crippen LogP contribution in [0.4, 0.5) is 5.69 Å². The number of nitrogens with zero attached hydrogens (tertiary/aromatic N) is 3. The van der Waals surface area contributed by atoms with Crippen LogP contribution in [0.15, 0.2) is 12.4 Å². The van der Waals surface area contributed by atoms with Crippen LogP contribution in [-0.2, 0) is 16.1 Å². The number of nitrogens with one attached hydrogen (secondary N) is 1. The Morgan fingerprint density at radius 2 is 2.31 bits per heavy atom. The summed E-state index contributed by atoms with van der Waals surface area (Å²) in [5.41, 5.74) is 5.96. The van der Waals surface area contributed by atoms with Crippen molar-refractivity contribution >= 4 is 17.5 Å². The van der Waals surface area contributed by atoms with Crippen LogP contribution < -0.4 is 11.1 Å². The second-order valence-corrected chi connectivity index (χ2v) is 3.39. The average molecular weight is 225 g/mol. The lowest BCUT2D eigenvalue weighted by atomic mass is 10.4. The molecule has 0 saturated heterocycles. The minimum atomic E-state index is -0.212. The van der Waals surface area contributed by atoms with Crippen molar-refractivity contribution in [2.75, 3.05) is 26.4 Å². The molecule has 1 aromatic heterocycles. The first-order valence-electron chi connectivity index (χ1n) is 4.75. The lowest BCUT2D eigenvalue weighted by Gasteiger charge is -2.15. The molecule has 1 heterocycles. The Morgan fingerprint density at radius 3 is 2.81 bits per heavy atom. The highest BCUT2D eigenvalue weighted by Gasteiger charge is 2.12. The van der Waals surface area contributed by atoms with E-state index in [0.717, 1.165) is 0 Å². The molecule has 0 unspecified atom stereocenters. The van der Waals surface area contributed by atoms with Gasteiger partial charge in [-0.3, -0.25) is 14.3 Å². The van der Waals surface area contributed by atoms with Gasteiger partial charge in [0.05, 0.1) is 18.4 Å². The fraction of sp³-hybridized carbons (Fsp3) is 0.444. The molecule has 7 nitrogen and oxygen atoms in total. The minimum Gasteiger partial charge on any atom is -0.396 e. The third-order valence-electron chi connectivity index (χ3n) is 2.04. The van der Waals surface area contributed by atoms with E-state index in [4.69, 9.17) is 5.73 Å². The first-order chi connectivity index (χ1) is 7.52. The van der Waals surface area contributed by atoms with Crippen molar-refractivity contribution in [3.63, 3.8) is 0 Å². The lowest BCUT2D eigenvalue weighted by Crippen LogP contribution is -2.38. The van der Waals surface area contributed by atoms with E-state index in [-0.39, 0.29) is 24.9 Å². The number of likely N-dealkylation sites (N-methyl/N-ethyl adjacent to an activating group) is 2. The van der Waals surface area contributed by atoms with Gasteiger partial charge >= 0.3 is 0 Å². The number of rotatable bonds is 4. The van der Waals surface area contributed by atoms with Gasteiger partial charge in [-0.15, -0.1) is 0 Å². The van der Waals surface area contributed by atoms with Gasteiger partial charge in [-0.2, -0.15) is 5.10 Å². The van der Waals surface area contributed by atoms with E-state index >= 15 is 0 Å². The predicted molar refractivity (Wildman–Crippen MR) is 58.3 cm³/mol. The summed E-state index contributed by atoms with van der Waals surface area (Å²) in [7, 11) is 3.08. The Balaban J connectivity index is 2.49. The quantitative estimate of drug-likeness (QED) is 0.664. The number of hydrogen-bond donors (Lipinski definition) is 2. The predicted octanol–water partition coefficient (Wildman–Crippen LogP) is -1.33. The van der Waals surface area contributed by atoms with Crippen molar-refractivity contribution in [1.29, 1.82) is 0 Å². The highest BCUT2D eigenvalue weighted by atomic mass is 16.2. The SMILES string of the molecule is CNC(=O)CN(C)C(=O)Cn1cc(N)cn1. The summed E-state index contributed by atoms with van der Waals surface area (Å²) in [4.78, 5) is 24.0. The molecule has 0 bridgehead atoms. The van der Waals surface area contributed by atoms with Crippen LogP contribution in [0.2, 0.25) is 0 Å². The number of amides is 2. The molecule has 7 heteroatoms. The summed E-state index contributed by atoms with van der Waals surface area (Å²) in [6, 6.07) is 0. The van der Waals surface area contributed by atoms with Crippen molar-refractivity contribution in [2.45, 2.75) is 6.54 Å². The number of carbonyl (C=O) groups excluding carboxylic acids is 2. The van der Waals surface area contributed by atoms with Gasteiger partial charge in [0.15, 0.2) is 0 Å². The third kappa shape index (κ3) is 3.26. The lowest BCUT2D eigenvalue weighted by molar-refractivity contribution is -0.135. The molecule has 2 amide bonds. The van der Waals surface area contributed by atoms with Crippen LogP contribution in [0, 0.1) is 0 Å². The molecule has 0 spiro atoms. The standard InChI is InChI=1S/C9H15N5O2/c1-11-8(15)5-13(2)9(16)6-14-4-7(10)3-12-14/h3-4H,5-6,10H2,1-2H3,(H,11,15). The van der Waals surface area contributed by atoms with Crippen molar-refractivity contribution in [3.05, 3.63) is 12.4 Å². The molecule has 3 N–H and O–H groups in total. The molecule has 1 aromatic rings. The van der Waals surface area contributed by atoms with Crippen molar-refractivity contribution in [1.82, 2.24) is 20.0 Å². The summed E-state index contributed by atoms with van der Waals surface area (Å²) in [6.45, 7) is 0.108. The van der Waals surface area contributed by atoms with Crippen molar-refractivity contribution in [2.24, 2.45) is 0 Å². The maximum atomic E-state index is 11.6. The summed E-state index contributed by atoms with van der Waals surface area (Å²) >= 11 is 0. The molecular formula is C9H15N5O2. The van der Waals surface area contributed by atoms with Gasteiger partial charge in [0.25, 0.3) is 0 Å². The van der Waals surface area contributed by atoms with Gasteiger partial charge in [0.2, 0.25) is 11.8 Å². The Morgan fingerprint density at radius 1 is 1.62 bits per heavy atom. The largest absolute Gasteiger partial charge is 0.396 e. The van der Waals surface area contributed by atoms with E-state index in [9.17, 15) is 9.59 Å². The zero-order valence-corrected chi connectivity index (χ0v) is 9.30. The van der Waals surface area contributed by atoms with Gasteiger partial charge in [-0.25, -0.2) is 0 Å². The monoisotopic (exact) mass is 225 g/mol. The number of nitrogen functional groups attached to an aromatic ring is 1. The molecule has 0 atom stereocenters. The Hall–Kier alpha value is -2.05. The number of aromatic nitrogens is 2. The maximum absolute atomic E-state index is 11.6. The van der Waals surface area contributed by atoms with E-state index < -0.39 is 0 Å². The van der Waals surface area contributed by atoms with Gasteiger partial charge in [-0.05, 0) is 0 Å². The van der Waals surface area contributed by atoms with Crippen LogP contribution in [0.1, 0.15) is 0 Å². The Kier molecular flexibility index (Phi) is 3.87. The molecule has 16 heavy (non-hydrogen) atoms. The molecular weight excluding hydrogens is 210 g/mol. The highest BCUT2D eigenvalue weighted by Crippen LogP contribution is 1.98. The summed E-state index contributed by atoms with van der Waals surface area (Å²) in [6.07, 6.45) is 3.03. The summed E-state index contributed by atoms with van der Waals surface area (Å²) in [5, 5.41) is 6.32. The van der Waals surface area contributed by atoms with E-state index in [2.05, 4.69) is 10.4 Å². The number of nitrogens with two attached hydrogens (primary N) is 1. The fourth-order valence-corrected chi connectivity index (χ4v) is 1.11. The van der Waals surface area contributed by atoms with Crippen LogP contribution in [0.5, 0.6) is 0 Å². The topological polar surface area (TPSA) is 93.2 Å². The van der Waals surface area contributed by atoms with E-state index in [1.165, 1.54) is 22.8 Å². The average Bonchev–Trinajstić information content (AvgIpc) is 2.63. The smallest absolute Gasteiger partial charge is 0.244 e. The van der Waals surface area contributed by atoms with E-state index in [0.29, 0.717) is 5.69 Å². The van der Waals surface area contributed by atoms with Crippen LogP contribution >= 0.6 is 0 Å². The molecule has 0 aromatic carbocycles. The highest BCUT2D eigenvalue weighted by molar-refractivity contribution is 5.84. The first-order valence-corrected chi connectivity index (χ1v) is 4.75. The van der Waals surface area contributed by atoms with Gasteiger partial charge in [0.1, 0.15) is 6.54 Å². The van der Waals surface area contributed by atoms with Crippen LogP contribution in [0.25, 0.3) is 0 Å². The van der Waals surface area contributed by atoms with Gasteiger partial charge in [0, 0.05) is 20.3 Å². The minimum absolute atomic E-state index is 0.0338. The first kappa shape index (κ1) is 12.0. The molecule has 0 saturated carbocycles. The third-order valence-corrected chi connectivity index (χ3v) is 2.04. The zero-order valence-electron chi connectivity index (χ0n) is 9.30. The molecule has 88 valence electrons. The van der Waals surface area contributed by atoms with Crippen LogP contribution in [-0.4, -0.2) is 47.1 Å². The Bertz CT molecular complexity index is 387. The van der Waals surface area contributed by atoms with Crippen LogP contribution in [0.3, 0.4) is 0 Å². The number of hydrogen-bond acceptors (Lipinski definition) is 4. The number of carbonyl (C=O) groups is 2. The maximum Gasteiger partial charge on any atom is 0.244 e. The summed E-state index contributed by atoms with van der Waals surface area (Å²) < 4.78 is 1.43. The number of anilines is 1. The summed E-state index contributed by atoms with van der Waals surface area (Å²) in [5.74, 6) is -0.414. The molecule has 0 aliphatic heterocycles. The van der Waals surface area contributed by atoms with Crippen molar-refractivity contribution in [3.8, 4) is 0 Å². The second-order valence-electron chi connectivity index (χ2n) is 3.39. The Labute approximate surface area is 93.2 Å². The van der Waals surface area contributed by atoms with Gasteiger partial charge < -0.3 is 16.0 Å². The normalized spacial score (nSPS) is 9.88. The molecule has 1 rings (SSSR count). The fourth-order valence-electron chi connectivity index (χ4n) is 1.11. The van der Waals surface area contributed by atoms with E-state index in [1.54, 1.807) is 13.2 Å². The van der Waals surface area contributed by atoms with Gasteiger partial charge in [-0.1, -0.05) is 0 Å². The van der Waals surface area contributed by atoms with E-state index in [1.807, 2.05) is 0 Å². The second kappa shape index (κ2) is 5.15. The molecule has 0 radical (unpaired) electrons. The molecule has 0 aliphatic carbocycles. The molecule has 0 fully saturated rings.